The monoisotopic (exact) mass is 285 g/mol. The summed E-state index contributed by atoms with van der Waals surface area (Å²) < 4.78 is 5.34. The molecule has 0 aromatic heterocycles. The van der Waals surface area contributed by atoms with Crippen LogP contribution in [0.15, 0.2) is 24.3 Å². The Bertz CT molecular complexity index is 304. The molecule has 0 bridgehead atoms. The highest BCUT2D eigenvalue weighted by molar-refractivity contribution is 9.09. The van der Waals surface area contributed by atoms with Crippen molar-refractivity contribution in [3.63, 3.8) is 0 Å². The van der Waals surface area contributed by atoms with Gasteiger partial charge in [-0.15, -0.1) is 0 Å². The summed E-state index contributed by atoms with van der Waals surface area (Å²) >= 11 is 3.45. The van der Waals surface area contributed by atoms with Gasteiger partial charge in [-0.25, -0.2) is 0 Å². The van der Waals surface area contributed by atoms with Gasteiger partial charge in [0.25, 0.3) is 0 Å². The topological polar surface area (TPSA) is 12.5 Å². The normalized spacial score (nSPS) is 10.8. The summed E-state index contributed by atoms with van der Waals surface area (Å²) in [5.41, 5.74) is 1.26. The highest BCUT2D eigenvalue weighted by atomic mass is 79.9. The maximum Gasteiger partial charge on any atom is 0.123 e. The fourth-order valence-electron chi connectivity index (χ4n) is 1.68. The molecular formula is C13H20BrNO. The second kappa shape index (κ2) is 7.69. The number of ether oxygens (including phenoxy) is 1. The van der Waals surface area contributed by atoms with Gasteiger partial charge in [-0.2, -0.15) is 0 Å². The number of hydrogen-bond donors (Lipinski definition) is 0. The van der Waals surface area contributed by atoms with Crippen molar-refractivity contribution in [1.82, 2.24) is 4.90 Å². The van der Waals surface area contributed by atoms with Crippen LogP contribution in [0.3, 0.4) is 0 Å². The van der Waals surface area contributed by atoms with E-state index in [4.69, 9.17) is 4.74 Å². The van der Waals surface area contributed by atoms with Gasteiger partial charge < -0.3 is 9.64 Å². The minimum Gasteiger partial charge on any atom is -0.496 e. The van der Waals surface area contributed by atoms with E-state index in [-0.39, 0.29) is 0 Å². The Labute approximate surface area is 107 Å². The number of methoxy groups -OCH3 is 1. The van der Waals surface area contributed by atoms with Crippen LogP contribution in [-0.4, -0.2) is 30.9 Å². The first kappa shape index (κ1) is 13.5. The van der Waals surface area contributed by atoms with E-state index in [1.165, 1.54) is 18.4 Å². The Morgan fingerprint density at radius 3 is 2.69 bits per heavy atom. The summed E-state index contributed by atoms with van der Waals surface area (Å²) in [6.07, 6.45) is 2.47. The van der Waals surface area contributed by atoms with Gasteiger partial charge in [0.2, 0.25) is 0 Å². The quantitative estimate of drug-likeness (QED) is 0.563. The van der Waals surface area contributed by atoms with Gasteiger partial charge in [0.05, 0.1) is 7.11 Å². The predicted octanol–water partition coefficient (Wildman–Crippen LogP) is 3.30. The molecule has 0 atom stereocenters. The number of halogens is 1. The number of alkyl halides is 1. The molecule has 0 amide bonds. The zero-order chi connectivity index (χ0) is 11.8. The van der Waals surface area contributed by atoms with Crippen molar-refractivity contribution in [2.24, 2.45) is 0 Å². The molecule has 1 aromatic carbocycles. The van der Waals surface area contributed by atoms with E-state index in [1.54, 1.807) is 7.11 Å². The Hall–Kier alpha value is -0.540. The Balaban J connectivity index is 2.45. The number of rotatable bonds is 7. The van der Waals surface area contributed by atoms with Crippen LogP contribution in [-0.2, 0) is 6.54 Å². The van der Waals surface area contributed by atoms with Crippen molar-refractivity contribution in [2.45, 2.75) is 19.4 Å². The molecule has 90 valence electrons. The smallest absolute Gasteiger partial charge is 0.123 e. The van der Waals surface area contributed by atoms with Crippen LogP contribution in [0.1, 0.15) is 18.4 Å². The van der Waals surface area contributed by atoms with Crippen molar-refractivity contribution in [2.75, 3.05) is 26.0 Å². The van der Waals surface area contributed by atoms with Gasteiger partial charge in [-0.3, -0.25) is 0 Å². The average molecular weight is 286 g/mol. The van der Waals surface area contributed by atoms with E-state index in [9.17, 15) is 0 Å². The molecule has 0 aliphatic rings. The Kier molecular flexibility index (Phi) is 6.50. The van der Waals surface area contributed by atoms with Crippen LogP contribution in [0.25, 0.3) is 0 Å². The van der Waals surface area contributed by atoms with Crippen LogP contribution in [0.2, 0.25) is 0 Å². The summed E-state index contributed by atoms with van der Waals surface area (Å²) in [7, 11) is 3.88. The van der Waals surface area contributed by atoms with Crippen LogP contribution in [0, 0.1) is 0 Å². The molecule has 16 heavy (non-hydrogen) atoms. The first-order chi connectivity index (χ1) is 7.77. The minimum atomic E-state index is 0.951. The maximum atomic E-state index is 5.34. The van der Waals surface area contributed by atoms with E-state index in [2.05, 4.69) is 40.0 Å². The standard InChI is InChI=1S/C13H20BrNO/c1-15(10-6-5-9-14)11-12-7-3-4-8-13(12)16-2/h3-4,7-8H,5-6,9-11H2,1-2H3. The highest BCUT2D eigenvalue weighted by Crippen LogP contribution is 2.18. The zero-order valence-electron chi connectivity index (χ0n) is 10.1. The summed E-state index contributed by atoms with van der Waals surface area (Å²) in [5.74, 6) is 0.981. The van der Waals surface area contributed by atoms with Crippen LogP contribution >= 0.6 is 15.9 Å². The molecule has 0 N–H and O–H groups in total. The summed E-state index contributed by atoms with van der Waals surface area (Å²) in [6, 6.07) is 8.21. The second-order valence-corrected chi connectivity index (χ2v) is 4.74. The molecule has 1 rings (SSSR count). The van der Waals surface area contributed by atoms with Gasteiger partial charge in [-0.05, 0) is 32.5 Å². The fraction of sp³-hybridized carbons (Fsp3) is 0.538. The summed E-state index contributed by atoms with van der Waals surface area (Å²) in [6.45, 7) is 2.08. The molecule has 0 radical (unpaired) electrons. The third-order valence-corrected chi connectivity index (χ3v) is 3.12. The van der Waals surface area contributed by atoms with E-state index < -0.39 is 0 Å². The minimum absolute atomic E-state index is 0.951. The van der Waals surface area contributed by atoms with Crippen molar-refractivity contribution in [1.29, 1.82) is 0 Å². The maximum absolute atomic E-state index is 5.34. The molecule has 2 nitrogen and oxygen atoms in total. The van der Waals surface area contributed by atoms with Crippen LogP contribution < -0.4 is 4.74 Å². The highest BCUT2D eigenvalue weighted by Gasteiger charge is 2.04. The fourth-order valence-corrected chi connectivity index (χ4v) is 2.08. The lowest BCUT2D eigenvalue weighted by Gasteiger charge is -2.18. The Morgan fingerprint density at radius 1 is 1.25 bits per heavy atom. The lowest BCUT2D eigenvalue weighted by molar-refractivity contribution is 0.312. The van der Waals surface area contributed by atoms with Crippen LogP contribution in [0.4, 0.5) is 0 Å². The number of unbranched alkanes of at least 4 members (excludes halogenated alkanes) is 1. The molecule has 0 spiro atoms. The number of nitrogens with zero attached hydrogens (tertiary/aromatic N) is 1. The molecule has 3 heteroatoms. The van der Waals surface area contributed by atoms with E-state index in [0.717, 1.165) is 24.2 Å². The zero-order valence-corrected chi connectivity index (χ0v) is 11.7. The van der Waals surface area contributed by atoms with E-state index in [1.807, 2.05) is 12.1 Å². The summed E-state index contributed by atoms with van der Waals surface area (Å²) in [5, 5.41) is 1.09. The van der Waals surface area contributed by atoms with Crippen molar-refractivity contribution in [3.8, 4) is 5.75 Å². The second-order valence-electron chi connectivity index (χ2n) is 3.95. The average Bonchev–Trinajstić information content (AvgIpc) is 2.30. The Morgan fingerprint density at radius 2 is 2.00 bits per heavy atom. The first-order valence-corrected chi connectivity index (χ1v) is 6.76. The van der Waals surface area contributed by atoms with Gasteiger partial charge in [-0.1, -0.05) is 34.1 Å². The number of hydrogen-bond acceptors (Lipinski definition) is 2. The number of benzene rings is 1. The predicted molar refractivity (Wildman–Crippen MR) is 72.4 cm³/mol. The van der Waals surface area contributed by atoms with E-state index >= 15 is 0 Å². The largest absolute Gasteiger partial charge is 0.496 e. The van der Waals surface area contributed by atoms with Crippen molar-refractivity contribution >= 4 is 15.9 Å². The van der Waals surface area contributed by atoms with E-state index in [0.29, 0.717) is 0 Å². The molecule has 0 aliphatic carbocycles. The van der Waals surface area contributed by atoms with Crippen molar-refractivity contribution in [3.05, 3.63) is 29.8 Å². The third kappa shape index (κ3) is 4.54. The molecular weight excluding hydrogens is 266 g/mol. The third-order valence-electron chi connectivity index (χ3n) is 2.56. The number of para-hydroxylation sites is 1. The molecule has 0 unspecified atom stereocenters. The molecule has 0 aliphatic heterocycles. The van der Waals surface area contributed by atoms with Crippen LogP contribution in [0.5, 0.6) is 5.75 Å². The van der Waals surface area contributed by atoms with Crippen molar-refractivity contribution < 1.29 is 4.74 Å². The molecule has 0 saturated carbocycles. The van der Waals surface area contributed by atoms with Gasteiger partial charge in [0, 0.05) is 17.4 Å². The summed E-state index contributed by atoms with van der Waals surface area (Å²) in [4.78, 5) is 2.33. The lowest BCUT2D eigenvalue weighted by Crippen LogP contribution is -2.19. The molecule has 0 saturated heterocycles. The van der Waals surface area contributed by atoms with Gasteiger partial charge >= 0.3 is 0 Å². The molecule has 0 fully saturated rings. The lowest BCUT2D eigenvalue weighted by atomic mass is 10.2. The van der Waals surface area contributed by atoms with Gasteiger partial charge in [0.15, 0.2) is 0 Å². The SMILES string of the molecule is COc1ccccc1CN(C)CCCCBr. The molecule has 0 heterocycles. The van der Waals surface area contributed by atoms with Gasteiger partial charge in [0.1, 0.15) is 5.75 Å². The first-order valence-electron chi connectivity index (χ1n) is 5.64. The molecule has 1 aromatic rings.